The maximum absolute atomic E-state index is 11.7. The van der Waals surface area contributed by atoms with Crippen LogP contribution in [0, 0.1) is 0 Å². The molecule has 2 rings (SSSR count). The number of carbonyl (C=O) groups is 2. The van der Waals surface area contributed by atoms with Crippen LogP contribution in [-0.2, 0) is 24.8 Å². The molecule has 2 heterocycles. The number of hydrogen-bond donors (Lipinski definition) is 3. The van der Waals surface area contributed by atoms with Crippen molar-refractivity contribution in [2.45, 2.75) is 13.0 Å². The molecule has 2 aromatic heterocycles. The monoisotopic (exact) mass is 292 g/mol. The molecule has 0 radical (unpaired) electrons. The number of amides is 2. The summed E-state index contributed by atoms with van der Waals surface area (Å²) in [4.78, 5) is 26.3. The Labute approximate surface area is 120 Å². The molecule has 0 unspecified atom stereocenters. The van der Waals surface area contributed by atoms with Crippen LogP contribution in [0.3, 0.4) is 0 Å². The van der Waals surface area contributed by atoms with Crippen molar-refractivity contribution in [3.63, 3.8) is 0 Å². The maximum Gasteiger partial charge on any atom is 0.325 e. The highest BCUT2D eigenvalue weighted by Gasteiger charge is 2.06. The lowest BCUT2D eigenvalue weighted by atomic mass is 10.4. The fourth-order valence-corrected chi connectivity index (χ4v) is 1.75. The van der Waals surface area contributed by atoms with Crippen LogP contribution in [0.2, 0.25) is 0 Å². The molecular weight excluding hydrogens is 276 g/mol. The van der Waals surface area contributed by atoms with Crippen LogP contribution in [0.4, 0.5) is 10.5 Å². The lowest BCUT2D eigenvalue weighted by molar-refractivity contribution is -0.137. The predicted molar refractivity (Wildman–Crippen MR) is 73.8 cm³/mol. The van der Waals surface area contributed by atoms with Crippen LogP contribution in [0.25, 0.3) is 0 Å². The minimum atomic E-state index is -0.996. The summed E-state index contributed by atoms with van der Waals surface area (Å²) in [6.45, 7) is 0.197. The Kier molecular flexibility index (Phi) is 4.54. The van der Waals surface area contributed by atoms with Gasteiger partial charge in [-0.3, -0.25) is 9.48 Å². The van der Waals surface area contributed by atoms with Gasteiger partial charge in [0.15, 0.2) is 0 Å². The topological polar surface area (TPSA) is 114 Å². The highest BCUT2D eigenvalue weighted by molar-refractivity contribution is 5.88. The number of carbonyl (C=O) groups excluding carboxylic acids is 1. The standard InChI is InChI=1S/C12H16N6O3/c1-17-5-4-13-10(17)2-3-14-12(21)16-9-6-15-18(7-9)8-11(19)20/h4-7H,2-3,8H2,1H3,(H,19,20)(H2,14,16,21). The highest BCUT2D eigenvalue weighted by atomic mass is 16.4. The summed E-state index contributed by atoms with van der Waals surface area (Å²) in [5.41, 5.74) is 0.436. The molecular formula is C12H16N6O3. The molecule has 9 heteroatoms. The minimum absolute atomic E-state index is 0.248. The third kappa shape index (κ3) is 4.34. The number of urea groups is 1. The molecule has 0 atom stereocenters. The van der Waals surface area contributed by atoms with Gasteiger partial charge in [-0.15, -0.1) is 0 Å². The lowest BCUT2D eigenvalue weighted by Crippen LogP contribution is -2.30. The first-order chi connectivity index (χ1) is 10.0. The Morgan fingerprint density at radius 3 is 2.90 bits per heavy atom. The number of carboxylic acids is 1. The summed E-state index contributed by atoms with van der Waals surface area (Å²) in [7, 11) is 1.89. The minimum Gasteiger partial charge on any atom is -0.480 e. The van der Waals surface area contributed by atoms with E-state index in [0.29, 0.717) is 18.7 Å². The van der Waals surface area contributed by atoms with Gasteiger partial charge in [0.1, 0.15) is 12.4 Å². The van der Waals surface area contributed by atoms with Crippen LogP contribution < -0.4 is 10.6 Å². The van der Waals surface area contributed by atoms with Crippen molar-refractivity contribution in [3.8, 4) is 0 Å². The fraction of sp³-hybridized carbons (Fsp3) is 0.333. The molecule has 0 aliphatic carbocycles. The summed E-state index contributed by atoms with van der Waals surface area (Å²) < 4.78 is 3.11. The summed E-state index contributed by atoms with van der Waals surface area (Å²) >= 11 is 0. The summed E-state index contributed by atoms with van der Waals surface area (Å²) in [6, 6.07) is -0.376. The van der Waals surface area contributed by atoms with Crippen molar-refractivity contribution in [2.24, 2.45) is 7.05 Å². The van der Waals surface area contributed by atoms with Gasteiger partial charge in [0.25, 0.3) is 0 Å². The first-order valence-corrected chi connectivity index (χ1v) is 6.30. The van der Waals surface area contributed by atoms with Crippen LogP contribution in [0.5, 0.6) is 0 Å². The largest absolute Gasteiger partial charge is 0.480 e. The molecule has 2 amide bonds. The maximum atomic E-state index is 11.7. The molecule has 0 aromatic carbocycles. The highest BCUT2D eigenvalue weighted by Crippen LogP contribution is 2.04. The number of nitrogens with one attached hydrogen (secondary N) is 2. The zero-order chi connectivity index (χ0) is 15.2. The average Bonchev–Trinajstić information content (AvgIpc) is 2.99. The Hall–Kier alpha value is -2.84. The van der Waals surface area contributed by atoms with Gasteiger partial charge in [-0.1, -0.05) is 0 Å². The molecule has 2 aromatic rings. The number of nitrogens with zero attached hydrogens (tertiary/aromatic N) is 4. The number of hydrogen-bond acceptors (Lipinski definition) is 4. The van der Waals surface area contributed by atoms with Crippen molar-refractivity contribution in [2.75, 3.05) is 11.9 Å². The van der Waals surface area contributed by atoms with Crippen LogP contribution in [0.15, 0.2) is 24.8 Å². The first kappa shape index (κ1) is 14.6. The Balaban J connectivity index is 1.75. The molecule has 0 aliphatic heterocycles. The van der Waals surface area contributed by atoms with Crippen molar-refractivity contribution >= 4 is 17.7 Å². The van der Waals surface area contributed by atoms with E-state index in [1.165, 1.54) is 17.1 Å². The number of rotatable bonds is 6. The molecule has 0 saturated carbocycles. The molecule has 0 aliphatic rings. The van der Waals surface area contributed by atoms with Crippen LogP contribution in [0.1, 0.15) is 5.82 Å². The molecule has 21 heavy (non-hydrogen) atoms. The first-order valence-electron chi connectivity index (χ1n) is 6.30. The van der Waals surface area contributed by atoms with Crippen LogP contribution >= 0.6 is 0 Å². The van der Waals surface area contributed by atoms with E-state index in [9.17, 15) is 9.59 Å². The van der Waals surface area contributed by atoms with Gasteiger partial charge in [-0.05, 0) is 0 Å². The van der Waals surface area contributed by atoms with Gasteiger partial charge < -0.3 is 20.3 Å². The van der Waals surface area contributed by atoms with Gasteiger partial charge in [-0.25, -0.2) is 9.78 Å². The Morgan fingerprint density at radius 2 is 2.24 bits per heavy atom. The van der Waals surface area contributed by atoms with E-state index in [4.69, 9.17) is 5.11 Å². The Morgan fingerprint density at radius 1 is 1.43 bits per heavy atom. The molecule has 0 bridgehead atoms. The van der Waals surface area contributed by atoms with E-state index in [-0.39, 0.29) is 12.6 Å². The number of aromatic nitrogens is 4. The summed E-state index contributed by atoms with van der Waals surface area (Å²) in [5.74, 6) is -0.117. The van der Waals surface area contributed by atoms with Gasteiger partial charge in [-0.2, -0.15) is 5.10 Å². The van der Waals surface area contributed by atoms with Crippen molar-refractivity contribution in [1.29, 1.82) is 0 Å². The van der Waals surface area contributed by atoms with E-state index in [0.717, 1.165) is 5.82 Å². The van der Waals surface area contributed by atoms with E-state index >= 15 is 0 Å². The molecule has 0 fully saturated rings. The van der Waals surface area contributed by atoms with Gasteiger partial charge in [0, 0.05) is 38.6 Å². The SMILES string of the molecule is Cn1ccnc1CCNC(=O)Nc1cnn(CC(=O)O)c1. The second kappa shape index (κ2) is 6.55. The number of carboxylic acid groups (broad SMARTS) is 1. The fourth-order valence-electron chi connectivity index (χ4n) is 1.75. The zero-order valence-corrected chi connectivity index (χ0v) is 11.5. The van der Waals surface area contributed by atoms with E-state index in [1.54, 1.807) is 6.20 Å². The molecule has 0 saturated heterocycles. The van der Waals surface area contributed by atoms with Crippen molar-refractivity contribution in [1.82, 2.24) is 24.6 Å². The molecule has 112 valence electrons. The van der Waals surface area contributed by atoms with E-state index in [2.05, 4.69) is 20.7 Å². The van der Waals surface area contributed by atoms with Gasteiger partial charge in [0.05, 0.1) is 11.9 Å². The van der Waals surface area contributed by atoms with Crippen LogP contribution in [-0.4, -0.2) is 43.0 Å². The number of imidazole rings is 1. The molecule has 9 nitrogen and oxygen atoms in total. The summed E-state index contributed by atoms with van der Waals surface area (Å²) in [6.07, 6.45) is 7.00. The Bertz CT molecular complexity index is 632. The predicted octanol–water partition coefficient (Wildman–Crippen LogP) is 0.0654. The number of aryl methyl sites for hydroxylation is 1. The smallest absolute Gasteiger partial charge is 0.325 e. The molecule has 0 spiro atoms. The van der Waals surface area contributed by atoms with E-state index < -0.39 is 5.97 Å². The second-order valence-corrected chi connectivity index (χ2v) is 4.41. The zero-order valence-electron chi connectivity index (χ0n) is 11.5. The lowest BCUT2D eigenvalue weighted by Gasteiger charge is -2.05. The van der Waals surface area contributed by atoms with Gasteiger partial charge >= 0.3 is 12.0 Å². The van der Waals surface area contributed by atoms with Crippen molar-refractivity contribution < 1.29 is 14.7 Å². The third-order valence-corrected chi connectivity index (χ3v) is 2.74. The molecule has 3 N–H and O–H groups in total. The second-order valence-electron chi connectivity index (χ2n) is 4.41. The average molecular weight is 292 g/mol. The number of aliphatic carboxylic acids is 1. The number of anilines is 1. The van der Waals surface area contributed by atoms with Crippen molar-refractivity contribution in [3.05, 3.63) is 30.6 Å². The summed E-state index contributed by atoms with van der Waals surface area (Å²) in [5, 5.41) is 17.7. The third-order valence-electron chi connectivity index (χ3n) is 2.74. The normalized spacial score (nSPS) is 10.3. The quantitative estimate of drug-likeness (QED) is 0.697. The van der Waals surface area contributed by atoms with Gasteiger partial charge in [0.2, 0.25) is 0 Å². The van der Waals surface area contributed by atoms with E-state index in [1.807, 2.05) is 17.8 Å².